The van der Waals surface area contributed by atoms with Crippen LogP contribution in [0.25, 0.3) is 0 Å². The molecule has 0 spiro atoms. The van der Waals surface area contributed by atoms with Crippen LogP contribution in [-0.4, -0.2) is 19.0 Å². The Hall–Kier alpha value is -0.855. The van der Waals surface area contributed by atoms with E-state index in [0.717, 1.165) is 0 Å². The molecule has 1 heterocycles. The average Bonchev–Trinajstić information content (AvgIpc) is 1.87. The molecule has 0 aromatic rings. The molecule has 0 saturated carbocycles. The van der Waals surface area contributed by atoms with Gasteiger partial charge in [0, 0.05) is 0 Å². The van der Waals surface area contributed by atoms with Gasteiger partial charge >= 0.3 is 41.2 Å². The fourth-order valence-corrected chi connectivity index (χ4v) is 0.391. The second kappa shape index (κ2) is 1.33. The third kappa shape index (κ3) is 0.767. The van der Waals surface area contributed by atoms with Gasteiger partial charge in [0.05, 0.1) is 0 Å². The summed E-state index contributed by atoms with van der Waals surface area (Å²) in [5.41, 5.74) is 0.421. The Balaban J connectivity index is 2.76. The summed E-state index contributed by atoms with van der Waals surface area (Å²) in [7, 11) is 5.12. The van der Waals surface area contributed by atoms with Crippen molar-refractivity contribution < 1.29 is 4.79 Å². The number of carbonyl (C=O) groups excluding carboxylic acids is 1. The van der Waals surface area contributed by atoms with E-state index in [1.807, 2.05) is 0 Å². The van der Waals surface area contributed by atoms with Gasteiger partial charge < -0.3 is 0 Å². The van der Waals surface area contributed by atoms with Crippen molar-refractivity contribution in [3.8, 4) is 0 Å². The van der Waals surface area contributed by atoms with Gasteiger partial charge in [-0.2, -0.15) is 0 Å². The summed E-state index contributed by atoms with van der Waals surface area (Å²) >= 11 is 0. The van der Waals surface area contributed by atoms with Crippen LogP contribution in [0, 0.1) is 0 Å². The van der Waals surface area contributed by atoms with Gasteiger partial charge in [-0.05, 0) is 0 Å². The van der Waals surface area contributed by atoms with Crippen molar-refractivity contribution in [3.63, 3.8) is 0 Å². The van der Waals surface area contributed by atoms with Gasteiger partial charge in [-0.15, -0.1) is 0 Å². The predicted octanol–water partition coefficient (Wildman–Crippen LogP) is -1.03. The van der Waals surface area contributed by atoms with Crippen LogP contribution in [0.3, 0.4) is 0 Å². The molecule has 1 radical (unpaired) electrons. The van der Waals surface area contributed by atoms with Crippen molar-refractivity contribution in [1.82, 2.24) is 5.32 Å². The minimum absolute atomic E-state index is 0.141. The first-order chi connectivity index (χ1) is 3.29. The molecule has 0 aromatic carbocycles. The molecule has 1 rings (SSSR count). The molecular formula is C4H3BNO. The van der Waals surface area contributed by atoms with E-state index < -0.39 is 0 Å². The molecule has 33 valence electrons. The molecule has 7 heavy (non-hydrogen) atoms. The second-order valence-corrected chi connectivity index (χ2v) is 1.28. The zero-order valence-electron chi connectivity index (χ0n) is 3.64. The number of nitrogens with one attached hydrogen (secondary N) is 1. The maximum absolute atomic E-state index is 10.2. The first-order valence-corrected chi connectivity index (χ1v) is 1.90. The van der Waals surface area contributed by atoms with Gasteiger partial charge in [-0.3, -0.25) is 0 Å². The number of hydrogen-bond acceptors (Lipinski definition) is 1. The van der Waals surface area contributed by atoms with Crippen molar-refractivity contribution in [3.05, 3.63) is 12.2 Å². The molecule has 0 aromatic heterocycles. The topological polar surface area (TPSA) is 29.1 Å². The molecule has 0 bridgehead atoms. The normalized spacial score (nSPS) is 17.6. The fraction of sp³-hybridized carbons (Fsp3) is 0. The Morgan fingerprint density at radius 1 is 1.57 bits per heavy atom. The third-order valence-corrected chi connectivity index (χ3v) is 0.682. The second-order valence-electron chi connectivity index (χ2n) is 1.28. The molecule has 2 nitrogen and oxygen atoms in total. The van der Waals surface area contributed by atoms with E-state index in [9.17, 15) is 4.79 Å². The summed E-state index contributed by atoms with van der Waals surface area (Å²) in [4.78, 5) is 10.2. The average molecular weight is 91.9 g/mol. The van der Waals surface area contributed by atoms with Crippen LogP contribution in [0.15, 0.2) is 12.2 Å². The summed E-state index contributed by atoms with van der Waals surface area (Å²) in [5.74, 6) is -0.141. The molecule has 3 heteroatoms. The first-order valence-electron chi connectivity index (χ1n) is 1.90. The van der Waals surface area contributed by atoms with E-state index in [2.05, 4.69) is 5.32 Å². The summed E-state index contributed by atoms with van der Waals surface area (Å²) in [5, 5.41) is 2.36. The zero-order chi connectivity index (χ0) is 5.28. The number of carbonyl (C=O) groups is 1. The van der Waals surface area contributed by atoms with Crippen molar-refractivity contribution >= 4 is 19.0 Å². The van der Waals surface area contributed by atoms with Gasteiger partial charge in [0.25, 0.3) is 0 Å². The quantitative estimate of drug-likeness (QED) is 0.380. The van der Waals surface area contributed by atoms with Crippen LogP contribution >= 0.6 is 0 Å². The molecule has 0 unspecified atom stereocenters. The van der Waals surface area contributed by atoms with Crippen LogP contribution in [-0.2, 0) is 4.79 Å². The summed E-state index contributed by atoms with van der Waals surface area (Å²) in [6.07, 6.45) is 2.91. The Morgan fingerprint density at radius 3 is 2.43 bits per heavy atom. The monoisotopic (exact) mass is 92.0 g/mol. The van der Waals surface area contributed by atoms with Crippen LogP contribution in [0.2, 0.25) is 0 Å². The van der Waals surface area contributed by atoms with E-state index in [0.29, 0.717) is 5.59 Å². The number of hydrogen-bond donors (Lipinski definition) is 1. The van der Waals surface area contributed by atoms with Gasteiger partial charge in [0.2, 0.25) is 0 Å². The predicted molar refractivity (Wildman–Crippen MR) is 28.0 cm³/mol. The van der Waals surface area contributed by atoms with Gasteiger partial charge in [0.1, 0.15) is 0 Å². The van der Waals surface area contributed by atoms with Crippen LogP contribution in [0.1, 0.15) is 0 Å². The molecular weight excluding hydrogens is 88.9 g/mol. The zero-order valence-corrected chi connectivity index (χ0v) is 3.64. The Bertz CT molecular complexity index is 134. The van der Waals surface area contributed by atoms with Crippen LogP contribution in [0.5, 0.6) is 0 Å². The summed E-state index contributed by atoms with van der Waals surface area (Å²) < 4.78 is 0. The number of amides is 1. The van der Waals surface area contributed by atoms with Gasteiger partial charge in [-0.25, -0.2) is 0 Å². The molecule has 0 saturated heterocycles. The fourth-order valence-electron chi connectivity index (χ4n) is 0.391. The molecule has 1 aliphatic heterocycles. The standard InChI is InChI=1S/C4H3BNO/c5-3-1-2-4(7)6-3/h1-2H,(H,6,7). The summed E-state index contributed by atoms with van der Waals surface area (Å²) in [6.45, 7) is 0. The molecule has 1 aliphatic rings. The molecule has 1 N–H and O–H groups in total. The van der Waals surface area contributed by atoms with E-state index in [1.165, 1.54) is 12.2 Å². The Labute approximate surface area is 42.3 Å². The molecule has 1 amide bonds. The Morgan fingerprint density at radius 2 is 2.29 bits per heavy atom. The Kier molecular flexibility index (Phi) is 0.820. The van der Waals surface area contributed by atoms with Crippen molar-refractivity contribution in [2.75, 3.05) is 0 Å². The first kappa shape index (κ1) is 4.31. The van der Waals surface area contributed by atoms with Crippen LogP contribution < -0.4 is 5.32 Å². The van der Waals surface area contributed by atoms with E-state index in [4.69, 9.17) is 7.49 Å². The minimum atomic E-state index is -0.141. The summed E-state index contributed by atoms with van der Waals surface area (Å²) in [6, 6.07) is 0. The van der Waals surface area contributed by atoms with Crippen molar-refractivity contribution in [2.24, 2.45) is 0 Å². The third-order valence-electron chi connectivity index (χ3n) is 0.682. The van der Waals surface area contributed by atoms with Crippen molar-refractivity contribution in [2.45, 2.75) is 0 Å². The van der Waals surface area contributed by atoms with E-state index in [-0.39, 0.29) is 5.91 Å². The van der Waals surface area contributed by atoms with Gasteiger partial charge in [0.15, 0.2) is 0 Å². The van der Waals surface area contributed by atoms with Crippen LogP contribution in [0.4, 0.5) is 0 Å². The maximum atomic E-state index is 10.2. The molecule has 0 aliphatic carbocycles. The SMILES string of the molecule is [B]=C1C=CC(=O)N1. The van der Waals surface area contributed by atoms with Gasteiger partial charge in [-0.1, -0.05) is 0 Å². The van der Waals surface area contributed by atoms with Crippen molar-refractivity contribution in [1.29, 1.82) is 0 Å². The molecule has 0 atom stereocenters. The van der Waals surface area contributed by atoms with E-state index in [1.54, 1.807) is 0 Å². The number of rotatable bonds is 0. The van der Waals surface area contributed by atoms with E-state index >= 15 is 0 Å². The molecule has 0 fully saturated rings.